The van der Waals surface area contributed by atoms with Gasteiger partial charge in [0.2, 0.25) is 11.1 Å². The van der Waals surface area contributed by atoms with Gasteiger partial charge in [0.1, 0.15) is 0 Å². The number of nitrogens with zero attached hydrogens (tertiary/aromatic N) is 4. The normalized spacial score (nSPS) is 10.3. The summed E-state index contributed by atoms with van der Waals surface area (Å²) >= 11 is 6.59. The lowest BCUT2D eigenvalue weighted by molar-refractivity contribution is -0.121. The Kier molecular flexibility index (Phi) is 6.50. The molecule has 10 heteroatoms. The first-order valence-electron chi connectivity index (χ1n) is 7.24. The van der Waals surface area contributed by atoms with Crippen LogP contribution in [0.15, 0.2) is 23.4 Å². The van der Waals surface area contributed by atoms with Gasteiger partial charge in [-0.15, -0.1) is 5.10 Å². The number of carbonyl (C=O) groups excluding carboxylic acids is 1. The van der Waals surface area contributed by atoms with Crippen LogP contribution < -0.4 is 16.2 Å². The van der Waals surface area contributed by atoms with Crippen LogP contribution in [0.1, 0.15) is 17.5 Å². The largest absolute Gasteiger partial charge is 0.331 e. The monoisotopic (exact) mass is 365 g/mol. The van der Waals surface area contributed by atoms with Crippen molar-refractivity contribution in [1.29, 1.82) is 0 Å². The standard InChI is InChI=1S/C14H19N7OS2/c1-9-5-4-6-11(10(9)2)15-13(23)17-16-12(22)7-8-24-14-18-19-20-21(14)3/h4-6H,7-8H2,1-3H3,(H,16,22)(H2,15,17,23). The SMILES string of the molecule is Cc1cccc(NC(=S)NNC(=O)CCSc2nnnn2C)c1C. The molecule has 0 saturated heterocycles. The Bertz CT molecular complexity index is 732. The van der Waals surface area contributed by atoms with E-state index >= 15 is 0 Å². The predicted octanol–water partition coefficient (Wildman–Crippen LogP) is 1.33. The van der Waals surface area contributed by atoms with Crippen LogP contribution >= 0.6 is 24.0 Å². The van der Waals surface area contributed by atoms with E-state index in [0.717, 1.165) is 11.3 Å². The number of amides is 1. The van der Waals surface area contributed by atoms with Crippen LogP contribution in [0.25, 0.3) is 0 Å². The lowest BCUT2D eigenvalue weighted by Crippen LogP contribution is -2.43. The number of nitrogens with one attached hydrogen (secondary N) is 3. The van der Waals surface area contributed by atoms with Crippen LogP contribution in [-0.2, 0) is 11.8 Å². The van der Waals surface area contributed by atoms with Crippen LogP contribution in [0.2, 0.25) is 0 Å². The third kappa shape index (κ3) is 5.17. The first-order chi connectivity index (χ1) is 11.5. The molecule has 0 saturated carbocycles. The fraction of sp³-hybridized carbons (Fsp3) is 0.357. The Balaban J connectivity index is 1.70. The first kappa shape index (κ1) is 18.1. The minimum absolute atomic E-state index is 0.164. The molecule has 0 fully saturated rings. The van der Waals surface area contributed by atoms with Crippen molar-refractivity contribution in [2.75, 3.05) is 11.1 Å². The van der Waals surface area contributed by atoms with Crippen molar-refractivity contribution in [3.63, 3.8) is 0 Å². The highest BCUT2D eigenvalue weighted by Crippen LogP contribution is 2.17. The van der Waals surface area contributed by atoms with E-state index in [-0.39, 0.29) is 5.91 Å². The van der Waals surface area contributed by atoms with Crippen LogP contribution in [0, 0.1) is 13.8 Å². The minimum atomic E-state index is -0.164. The van der Waals surface area contributed by atoms with Gasteiger partial charge in [0.15, 0.2) is 5.11 Å². The van der Waals surface area contributed by atoms with Crippen molar-refractivity contribution in [3.05, 3.63) is 29.3 Å². The number of benzene rings is 1. The van der Waals surface area contributed by atoms with E-state index in [9.17, 15) is 4.79 Å². The van der Waals surface area contributed by atoms with Gasteiger partial charge < -0.3 is 5.32 Å². The van der Waals surface area contributed by atoms with Gasteiger partial charge in [0.25, 0.3) is 0 Å². The van der Waals surface area contributed by atoms with Crippen molar-refractivity contribution in [1.82, 2.24) is 31.1 Å². The van der Waals surface area contributed by atoms with Crippen LogP contribution in [0.5, 0.6) is 0 Å². The number of hydrogen-bond acceptors (Lipinski definition) is 6. The van der Waals surface area contributed by atoms with E-state index in [1.54, 1.807) is 11.7 Å². The number of rotatable bonds is 5. The molecular formula is C14H19N7OS2. The highest BCUT2D eigenvalue weighted by molar-refractivity contribution is 7.99. The predicted molar refractivity (Wildman–Crippen MR) is 97.6 cm³/mol. The van der Waals surface area contributed by atoms with Crippen molar-refractivity contribution in [2.45, 2.75) is 25.4 Å². The topological polar surface area (TPSA) is 96.8 Å². The second-order valence-corrected chi connectivity index (χ2v) is 6.53. The van der Waals surface area contributed by atoms with Crippen molar-refractivity contribution in [3.8, 4) is 0 Å². The maximum absolute atomic E-state index is 11.8. The zero-order valence-corrected chi connectivity index (χ0v) is 15.3. The second kappa shape index (κ2) is 8.60. The summed E-state index contributed by atoms with van der Waals surface area (Å²) in [5.41, 5.74) is 8.46. The molecule has 0 radical (unpaired) electrons. The molecule has 24 heavy (non-hydrogen) atoms. The molecule has 1 heterocycles. The highest BCUT2D eigenvalue weighted by atomic mass is 32.2. The maximum atomic E-state index is 11.8. The molecule has 3 N–H and O–H groups in total. The molecule has 128 valence electrons. The summed E-state index contributed by atoms with van der Waals surface area (Å²) in [5, 5.41) is 15.2. The number of thiocarbonyl (C=S) groups is 1. The van der Waals surface area contributed by atoms with Crippen molar-refractivity contribution < 1.29 is 4.79 Å². The fourth-order valence-electron chi connectivity index (χ4n) is 1.81. The number of aryl methyl sites for hydroxylation is 2. The summed E-state index contributed by atoms with van der Waals surface area (Å²) in [6, 6.07) is 5.91. The summed E-state index contributed by atoms with van der Waals surface area (Å²) in [7, 11) is 1.75. The number of anilines is 1. The molecule has 1 amide bonds. The summed E-state index contributed by atoms with van der Waals surface area (Å²) in [6.07, 6.45) is 0.316. The Morgan fingerprint density at radius 3 is 2.83 bits per heavy atom. The first-order valence-corrected chi connectivity index (χ1v) is 8.64. The smallest absolute Gasteiger partial charge is 0.239 e. The third-order valence-electron chi connectivity index (χ3n) is 3.31. The Morgan fingerprint density at radius 2 is 2.12 bits per heavy atom. The van der Waals surface area contributed by atoms with Gasteiger partial charge in [-0.2, -0.15) is 0 Å². The van der Waals surface area contributed by atoms with Gasteiger partial charge in [0.05, 0.1) is 0 Å². The summed E-state index contributed by atoms with van der Waals surface area (Å²) in [4.78, 5) is 11.8. The molecule has 0 bridgehead atoms. The Morgan fingerprint density at radius 1 is 1.33 bits per heavy atom. The molecule has 0 unspecified atom stereocenters. The third-order valence-corrected chi connectivity index (χ3v) is 4.53. The zero-order valence-electron chi connectivity index (χ0n) is 13.7. The molecule has 1 aromatic heterocycles. The Labute approximate surface area is 149 Å². The van der Waals surface area contributed by atoms with E-state index in [0.29, 0.717) is 22.4 Å². The van der Waals surface area contributed by atoms with Gasteiger partial charge >= 0.3 is 0 Å². The molecule has 1 aromatic carbocycles. The van der Waals surface area contributed by atoms with Crippen LogP contribution in [0.4, 0.5) is 5.69 Å². The van der Waals surface area contributed by atoms with Crippen molar-refractivity contribution >= 4 is 40.7 Å². The average Bonchev–Trinajstić information content (AvgIpc) is 2.95. The Hall–Kier alpha value is -2.20. The van der Waals surface area contributed by atoms with Gasteiger partial charge in [-0.05, 0) is 53.7 Å². The second-order valence-electron chi connectivity index (χ2n) is 5.06. The van der Waals surface area contributed by atoms with E-state index in [4.69, 9.17) is 12.2 Å². The zero-order chi connectivity index (χ0) is 17.5. The number of tetrazole rings is 1. The van der Waals surface area contributed by atoms with E-state index in [1.165, 1.54) is 17.3 Å². The quantitative estimate of drug-likeness (QED) is 0.415. The molecule has 0 aliphatic rings. The summed E-state index contributed by atoms with van der Waals surface area (Å²) < 4.78 is 1.56. The van der Waals surface area contributed by atoms with E-state index in [2.05, 4.69) is 31.7 Å². The molecule has 0 aliphatic carbocycles. The van der Waals surface area contributed by atoms with Crippen LogP contribution in [-0.4, -0.2) is 37.0 Å². The van der Waals surface area contributed by atoms with Crippen molar-refractivity contribution in [2.24, 2.45) is 7.05 Å². The average molecular weight is 365 g/mol. The number of carbonyl (C=O) groups is 1. The van der Waals surface area contributed by atoms with Crippen LogP contribution in [0.3, 0.4) is 0 Å². The van der Waals surface area contributed by atoms with Gasteiger partial charge in [-0.3, -0.25) is 15.6 Å². The van der Waals surface area contributed by atoms with E-state index in [1.807, 2.05) is 32.0 Å². The maximum Gasteiger partial charge on any atom is 0.239 e. The molecule has 8 nitrogen and oxygen atoms in total. The molecule has 2 aromatic rings. The van der Waals surface area contributed by atoms with Gasteiger partial charge in [0, 0.05) is 24.9 Å². The summed E-state index contributed by atoms with van der Waals surface area (Å²) in [6.45, 7) is 4.04. The van der Waals surface area contributed by atoms with Gasteiger partial charge in [-0.25, -0.2) is 4.68 Å². The number of thioether (sulfide) groups is 1. The molecule has 0 aliphatic heterocycles. The fourth-order valence-corrected chi connectivity index (χ4v) is 2.76. The number of hydrogen-bond donors (Lipinski definition) is 3. The number of hydrazine groups is 1. The van der Waals surface area contributed by atoms with E-state index < -0.39 is 0 Å². The molecule has 0 spiro atoms. The summed E-state index contributed by atoms with van der Waals surface area (Å²) in [5.74, 6) is 0.404. The van der Waals surface area contributed by atoms with Gasteiger partial charge in [-0.1, -0.05) is 23.9 Å². The minimum Gasteiger partial charge on any atom is -0.331 e. The molecule has 2 rings (SSSR count). The number of aromatic nitrogens is 4. The lowest BCUT2D eigenvalue weighted by Gasteiger charge is -2.14. The molecular weight excluding hydrogens is 346 g/mol. The highest BCUT2D eigenvalue weighted by Gasteiger charge is 2.07. The lowest BCUT2D eigenvalue weighted by atomic mass is 10.1. The molecule has 0 atom stereocenters.